The van der Waals surface area contributed by atoms with Gasteiger partial charge in [0, 0.05) is 11.9 Å². The summed E-state index contributed by atoms with van der Waals surface area (Å²) >= 11 is 0. The standard InChI is InChI=1S/C16H24N2/c1-13-9-6-4-3-5-7-11-15(13)18-16-14(2)10-8-12-17-16/h8,10,12-13H,3-7,9,11H2,1-2H3/b18-15-. The van der Waals surface area contributed by atoms with Crippen LogP contribution in [0.15, 0.2) is 23.3 Å². The summed E-state index contributed by atoms with van der Waals surface area (Å²) in [6.45, 7) is 4.41. The number of nitrogens with zero attached hydrogens (tertiary/aromatic N) is 2. The van der Waals surface area contributed by atoms with Crippen LogP contribution in [-0.2, 0) is 0 Å². The Labute approximate surface area is 111 Å². The highest BCUT2D eigenvalue weighted by atomic mass is 14.9. The van der Waals surface area contributed by atoms with Gasteiger partial charge in [-0.25, -0.2) is 9.98 Å². The Morgan fingerprint density at radius 2 is 1.94 bits per heavy atom. The van der Waals surface area contributed by atoms with Crippen molar-refractivity contribution in [3.8, 4) is 0 Å². The summed E-state index contributed by atoms with van der Waals surface area (Å²) in [6, 6.07) is 4.07. The van der Waals surface area contributed by atoms with Crippen LogP contribution in [0.5, 0.6) is 0 Å². The van der Waals surface area contributed by atoms with Crippen molar-refractivity contribution in [3.63, 3.8) is 0 Å². The topological polar surface area (TPSA) is 25.2 Å². The van der Waals surface area contributed by atoms with Crippen LogP contribution in [0.2, 0.25) is 0 Å². The van der Waals surface area contributed by atoms with E-state index in [9.17, 15) is 0 Å². The molecule has 1 heterocycles. The SMILES string of the molecule is Cc1cccnc1/N=C1/CCCCCCCC1C. The second-order valence-corrected chi connectivity index (χ2v) is 5.45. The van der Waals surface area contributed by atoms with Gasteiger partial charge >= 0.3 is 0 Å². The maximum Gasteiger partial charge on any atom is 0.154 e. The quantitative estimate of drug-likeness (QED) is 0.693. The van der Waals surface area contributed by atoms with E-state index in [-0.39, 0.29) is 0 Å². The fourth-order valence-corrected chi connectivity index (χ4v) is 2.60. The molecular formula is C16H24N2. The van der Waals surface area contributed by atoms with Crippen LogP contribution < -0.4 is 0 Å². The number of hydrogen-bond donors (Lipinski definition) is 0. The molecule has 18 heavy (non-hydrogen) atoms. The lowest BCUT2D eigenvalue weighted by Crippen LogP contribution is -2.10. The van der Waals surface area contributed by atoms with Crippen molar-refractivity contribution in [3.05, 3.63) is 23.9 Å². The summed E-state index contributed by atoms with van der Waals surface area (Å²) in [5, 5.41) is 0. The Hall–Kier alpha value is -1.18. The van der Waals surface area contributed by atoms with Crippen LogP contribution in [0.3, 0.4) is 0 Å². The zero-order chi connectivity index (χ0) is 12.8. The first-order valence-corrected chi connectivity index (χ1v) is 7.26. The molecule has 0 N–H and O–H groups in total. The summed E-state index contributed by atoms with van der Waals surface area (Å²) in [6.07, 6.45) is 11.0. The van der Waals surface area contributed by atoms with Crippen molar-refractivity contribution < 1.29 is 0 Å². The third kappa shape index (κ3) is 3.66. The number of aliphatic imine (C=N–C) groups is 1. The van der Waals surface area contributed by atoms with E-state index in [2.05, 4.69) is 24.9 Å². The van der Waals surface area contributed by atoms with E-state index < -0.39 is 0 Å². The first-order valence-electron chi connectivity index (χ1n) is 7.26. The summed E-state index contributed by atoms with van der Waals surface area (Å²) in [5.41, 5.74) is 2.54. The molecule has 1 aromatic rings. The fraction of sp³-hybridized carbons (Fsp3) is 0.625. The van der Waals surface area contributed by atoms with Crippen LogP contribution in [0.4, 0.5) is 5.82 Å². The highest BCUT2D eigenvalue weighted by molar-refractivity contribution is 5.88. The maximum atomic E-state index is 4.85. The molecule has 1 fully saturated rings. The summed E-state index contributed by atoms with van der Waals surface area (Å²) in [7, 11) is 0. The van der Waals surface area contributed by atoms with Crippen LogP contribution in [0.1, 0.15) is 57.4 Å². The minimum Gasteiger partial charge on any atom is -0.238 e. The number of hydrogen-bond acceptors (Lipinski definition) is 2. The van der Waals surface area contributed by atoms with E-state index in [0.29, 0.717) is 5.92 Å². The molecule has 0 aromatic carbocycles. The van der Waals surface area contributed by atoms with Crippen LogP contribution in [0.25, 0.3) is 0 Å². The molecule has 1 saturated carbocycles. The molecule has 0 radical (unpaired) electrons. The zero-order valence-corrected chi connectivity index (χ0v) is 11.7. The Morgan fingerprint density at radius 1 is 1.17 bits per heavy atom. The number of aryl methyl sites for hydroxylation is 1. The van der Waals surface area contributed by atoms with Gasteiger partial charge in [0.15, 0.2) is 5.82 Å². The van der Waals surface area contributed by atoms with Gasteiger partial charge in [-0.15, -0.1) is 0 Å². The predicted octanol–water partition coefficient (Wildman–Crippen LogP) is 4.84. The van der Waals surface area contributed by atoms with E-state index in [4.69, 9.17) is 4.99 Å². The van der Waals surface area contributed by atoms with Crippen molar-refractivity contribution in [1.29, 1.82) is 0 Å². The van der Waals surface area contributed by atoms with Crippen molar-refractivity contribution in [2.45, 2.75) is 58.8 Å². The normalized spacial score (nSPS) is 24.3. The molecule has 1 unspecified atom stereocenters. The number of aromatic nitrogens is 1. The molecule has 0 aliphatic heterocycles. The molecule has 0 saturated heterocycles. The molecule has 98 valence electrons. The van der Waals surface area contributed by atoms with Gasteiger partial charge in [-0.05, 0) is 43.7 Å². The summed E-state index contributed by atoms with van der Waals surface area (Å²) in [5.74, 6) is 1.53. The van der Waals surface area contributed by atoms with Gasteiger partial charge in [0.1, 0.15) is 0 Å². The lowest BCUT2D eigenvalue weighted by atomic mass is 9.96. The largest absolute Gasteiger partial charge is 0.238 e. The van der Waals surface area contributed by atoms with Crippen molar-refractivity contribution in [2.24, 2.45) is 10.9 Å². The Bertz CT molecular complexity index is 409. The van der Waals surface area contributed by atoms with Gasteiger partial charge in [-0.3, -0.25) is 0 Å². The number of rotatable bonds is 1. The molecule has 0 bridgehead atoms. The predicted molar refractivity (Wildman–Crippen MR) is 77.6 cm³/mol. The Balaban J connectivity index is 2.19. The van der Waals surface area contributed by atoms with Gasteiger partial charge in [-0.1, -0.05) is 38.7 Å². The summed E-state index contributed by atoms with van der Waals surface area (Å²) in [4.78, 5) is 9.24. The molecule has 0 spiro atoms. The summed E-state index contributed by atoms with van der Waals surface area (Å²) < 4.78 is 0. The second kappa shape index (κ2) is 6.67. The zero-order valence-electron chi connectivity index (χ0n) is 11.7. The number of pyridine rings is 1. The van der Waals surface area contributed by atoms with E-state index in [0.717, 1.165) is 12.2 Å². The monoisotopic (exact) mass is 244 g/mol. The molecule has 2 nitrogen and oxygen atoms in total. The second-order valence-electron chi connectivity index (χ2n) is 5.45. The highest BCUT2D eigenvalue weighted by Gasteiger charge is 2.13. The van der Waals surface area contributed by atoms with Gasteiger partial charge in [0.25, 0.3) is 0 Å². The van der Waals surface area contributed by atoms with Gasteiger partial charge in [-0.2, -0.15) is 0 Å². The van der Waals surface area contributed by atoms with Crippen molar-refractivity contribution in [1.82, 2.24) is 4.98 Å². The van der Waals surface area contributed by atoms with E-state index >= 15 is 0 Å². The van der Waals surface area contributed by atoms with Crippen molar-refractivity contribution in [2.75, 3.05) is 0 Å². The van der Waals surface area contributed by atoms with Gasteiger partial charge in [0.2, 0.25) is 0 Å². The molecule has 1 aromatic heterocycles. The fourth-order valence-electron chi connectivity index (χ4n) is 2.60. The minimum atomic E-state index is 0.615. The molecule has 1 atom stereocenters. The average Bonchev–Trinajstić information content (AvgIpc) is 2.46. The molecule has 1 aliphatic carbocycles. The molecular weight excluding hydrogens is 220 g/mol. The highest BCUT2D eigenvalue weighted by Crippen LogP contribution is 2.23. The van der Waals surface area contributed by atoms with Crippen LogP contribution >= 0.6 is 0 Å². The first-order chi connectivity index (χ1) is 8.77. The van der Waals surface area contributed by atoms with E-state index in [1.165, 1.54) is 49.8 Å². The third-order valence-corrected chi connectivity index (χ3v) is 3.87. The lowest BCUT2D eigenvalue weighted by molar-refractivity contribution is 0.583. The van der Waals surface area contributed by atoms with Gasteiger partial charge in [0.05, 0.1) is 0 Å². The van der Waals surface area contributed by atoms with Crippen LogP contribution in [0, 0.1) is 12.8 Å². The van der Waals surface area contributed by atoms with Crippen molar-refractivity contribution >= 4 is 11.5 Å². The smallest absolute Gasteiger partial charge is 0.154 e. The molecule has 0 amide bonds. The van der Waals surface area contributed by atoms with E-state index in [1.807, 2.05) is 12.3 Å². The minimum absolute atomic E-state index is 0.615. The average molecular weight is 244 g/mol. The van der Waals surface area contributed by atoms with Crippen LogP contribution in [-0.4, -0.2) is 10.7 Å². The lowest BCUT2D eigenvalue weighted by Gasteiger charge is -2.13. The first kappa shape index (κ1) is 13.3. The Kier molecular flexibility index (Phi) is 4.91. The third-order valence-electron chi connectivity index (χ3n) is 3.87. The molecule has 2 rings (SSSR count). The maximum absolute atomic E-state index is 4.85. The van der Waals surface area contributed by atoms with Gasteiger partial charge < -0.3 is 0 Å². The molecule has 2 heteroatoms. The molecule has 1 aliphatic rings. The Morgan fingerprint density at radius 3 is 2.78 bits per heavy atom. The van der Waals surface area contributed by atoms with E-state index in [1.54, 1.807) is 0 Å².